The lowest BCUT2D eigenvalue weighted by atomic mass is 9.70. The van der Waals surface area contributed by atoms with Crippen molar-refractivity contribution in [1.82, 2.24) is 4.31 Å². The highest BCUT2D eigenvalue weighted by Crippen LogP contribution is 2.64. The number of ketones is 1. The number of hydrogen-bond acceptors (Lipinski definition) is 4. The van der Waals surface area contributed by atoms with Crippen molar-refractivity contribution in [2.45, 2.75) is 59.2 Å². The van der Waals surface area contributed by atoms with Crippen LogP contribution < -0.4 is 0 Å². The first kappa shape index (κ1) is 16.4. The van der Waals surface area contributed by atoms with Crippen LogP contribution in [0.4, 0.5) is 0 Å². The summed E-state index contributed by atoms with van der Waals surface area (Å²) in [4.78, 5) is 12.6. The Kier molecular flexibility index (Phi) is 3.74. The van der Waals surface area contributed by atoms with Crippen molar-refractivity contribution >= 4 is 15.8 Å². The minimum absolute atomic E-state index is 0.0260. The van der Waals surface area contributed by atoms with Gasteiger partial charge in [-0.1, -0.05) is 13.8 Å². The third-order valence-electron chi connectivity index (χ3n) is 6.35. The van der Waals surface area contributed by atoms with Crippen LogP contribution in [-0.4, -0.2) is 49.6 Å². The van der Waals surface area contributed by atoms with Gasteiger partial charge in [0, 0.05) is 24.9 Å². The minimum Gasteiger partial charge on any atom is -0.373 e. The molecule has 0 aromatic carbocycles. The van der Waals surface area contributed by atoms with E-state index in [0.29, 0.717) is 25.4 Å². The Labute approximate surface area is 133 Å². The van der Waals surface area contributed by atoms with Crippen LogP contribution in [0.25, 0.3) is 0 Å². The molecule has 22 heavy (non-hydrogen) atoms. The molecule has 126 valence electrons. The van der Waals surface area contributed by atoms with Gasteiger partial charge >= 0.3 is 0 Å². The molecule has 0 aromatic heterocycles. The van der Waals surface area contributed by atoms with Crippen molar-refractivity contribution < 1.29 is 17.9 Å². The van der Waals surface area contributed by atoms with Crippen LogP contribution >= 0.6 is 0 Å². The van der Waals surface area contributed by atoms with Crippen molar-refractivity contribution in [3.05, 3.63) is 0 Å². The molecule has 3 rings (SSSR count). The van der Waals surface area contributed by atoms with Crippen LogP contribution in [0.15, 0.2) is 0 Å². The first-order valence-electron chi connectivity index (χ1n) is 8.25. The molecule has 0 spiro atoms. The average molecular weight is 329 g/mol. The lowest BCUT2D eigenvalue weighted by molar-refractivity contribution is -0.128. The number of carbonyl (C=O) groups is 1. The maximum Gasteiger partial charge on any atom is 0.215 e. The Morgan fingerprint density at radius 3 is 2.27 bits per heavy atom. The van der Waals surface area contributed by atoms with Crippen LogP contribution in [-0.2, 0) is 19.6 Å². The smallest absolute Gasteiger partial charge is 0.215 e. The fraction of sp³-hybridized carbons (Fsp3) is 0.938. The van der Waals surface area contributed by atoms with E-state index in [4.69, 9.17) is 4.74 Å². The summed E-state index contributed by atoms with van der Waals surface area (Å²) < 4.78 is 33.1. The van der Waals surface area contributed by atoms with Gasteiger partial charge < -0.3 is 4.74 Å². The van der Waals surface area contributed by atoms with Crippen LogP contribution in [0.1, 0.15) is 47.0 Å². The van der Waals surface area contributed by atoms with Crippen molar-refractivity contribution in [2.75, 3.05) is 18.8 Å². The van der Waals surface area contributed by atoms with E-state index < -0.39 is 15.4 Å². The molecule has 2 bridgehead atoms. The number of rotatable bonds is 3. The summed E-state index contributed by atoms with van der Waals surface area (Å²) >= 11 is 0. The fourth-order valence-corrected chi connectivity index (χ4v) is 7.23. The van der Waals surface area contributed by atoms with E-state index in [0.717, 1.165) is 12.8 Å². The lowest BCUT2D eigenvalue weighted by Gasteiger charge is -2.40. The Morgan fingerprint density at radius 1 is 1.23 bits per heavy atom. The Bertz CT molecular complexity index is 575. The Morgan fingerprint density at radius 2 is 1.82 bits per heavy atom. The second-order valence-electron chi connectivity index (χ2n) is 8.00. The molecule has 1 aliphatic heterocycles. The predicted molar refractivity (Wildman–Crippen MR) is 83.9 cm³/mol. The van der Waals surface area contributed by atoms with Gasteiger partial charge in [0.05, 0.1) is 18.0 Å². The molecule has 4 atom stereocenters. The summed E-state index contributed by atoms with van der Waals surface area (Å²) in [5, 5.41) is 0. The van der Waals surface area contributed by atoms with Crippen LogP contribution in [0.5, 0.6) is 0 Å². The molecular weight excluding hydrogens is 302 g/mol. The summed E-state index contributed by atoms with van der Waals surface area (Å²) in [7, 11) is -3.45. The maximum atomic E-state index is 13.0. The van der Waals surface area contributed by atoms with Gasteiger partial charge in [-0.25, -0.2) is 8.42 Å². The van der Waals surface area contributed by atoms with E-state index in [1.807, 2.05) is 13.8 Å². The molecule has 6 heteroatoms. The highest BCUT2D eigenvalue weighted by Gasteiger charge is 2.65. The Balaban J connectivity index is 1.87. The highest BCUT2D eigenvalue weighted by molar-refractivity contribution is 7.89. The zero-order valence-corrected chi connectivity index (χ0v) is 14.8. The van der Waals surface area contributed by atoms with Crippen molar-refractivity contribution in [3.63, 3.8) is 0 Å². The molecule has 0 N–H and O–H groups in total. The van der Waals surface area contributed by atoms with Crippen LogP contribution in [0, 0.1) is 16.7 Å². The molecule has 2 saturated carbocycles. The van der Waals surface area contributed by atoms with E-state index in [2.05, 4.69) is 13.8 Å². The predicted octanol–water partition coefficient (Wildman–Crippen LogP) is 1.82. The molecule has 5 nitrogen and oxygen atoms in total. The van der Waals surface area contributed by atoms with Crippen molar-refractivity contribution in [3.8, 4) is 0 Å². The summed E-state index contributed by atoms with van der Waals surface area (Å²) in [5.74, 6) is 0.478. The molecule has 0 amide bonds. The molecule has 3 aliphatic rings. The van der Waals surface area contributed by atoms with Gasteiger partial charge in [0.15, 0.2) is 0 Å². The normalized spacial score (nSPS) is 42.0. The number of hydrogen-bond donors (Lipinski definition) is 0. The van der Waals surface area contributed by atoms with E-state index in [1.54, 1.807) is 0 Å². The molecule has 2 aliphatic carbocycles. The summed E-state index contributed by atoms with van der Waals surface area (Å²) in [6.45, 7) is 8.73. The second kappa shape index (κ2) is 5.02. The van der Waals surface area contributed by atoms with Gasteiger partial charge in [0.1, 0.15) is 5.78 Å². The van der Waals surface area contributed by atoms with E-state index in [-0.39, 0.29) is 29.2 Å². The van der Waals surface area contributed by atoms with E-state index >= 15 is 0 Å². The lowest BCUT2D eigenvalue weighted by Crippen LogP contribution is -2.52. The van der Waals surface area contributed by atoms with E-state index in [9.17, 15) is 13.2 Å². The van der Waals surface area contributed by atoms with Gasteiger partial charge in [-0.3, -0.25) is 4.79 Å². The SMILES string of the molecule is C[C@H]1CN(S(=O)(=O)C[C@]23CC[C@H](CC2=O)C3(C)C)C[C@H](C)O1. The molecular formula is C16H27NO4S. The number of nitrogens with zero attached hydrogens (tertiary/aromatic N) is 1. The Hall–Kier alpha value is -0.460. The molecule has 0 radical (unpaired) electrons. The van der Waals surface area contributed by atoms with Gasteiger partial charge in [-0.15, -0.1) is 0 Å². The molecule has 0 aromatic rings. The van der Waals surface area contributed by atoms with Crippen LogP contribution in [0.3, 0.4) is 0 Å². The zero-order chi connectivity index (χ0) is 16.3. The van der Waals surface area contributed by atoms with Gasteiger partial charge in [0.25, 0.3) is 0 Å². The molecule has 3 fully saturated rings. The number of carbonyl (C=O) groups excluding carboxylic acids is 1. The standard InChI is InChI=1S/C16H27NO4S/c1-11-8-17(9-12(2)21-11)22(19,20)10-16-6-5-13(7-14(16)18)15(16,3)4/h11-13H,5-10H2,1-4H3/t11-,12-,13+,16+/m0/s1. The number of Topliss-reactive ketones (excluding diaryl/α,β-unsaturated/α-hetero) is 1. The summed E-state index contributed by atoms with van der Waals surface area (Å²) in [6.07, 6.45) is 2.06. The van der Waals surface area contributed by atoms with Crippen LogP contribution in [0.2, 0.25) is 0 Å². The van der Waals surface area contributed by atoms with E-state index in [1.165, 1.54) is 4.31 Å². The number of fused-ring (bicyclic) bond motifs is 2. The van der Waals surface area contributed by atoms with Crippen molar-refractivity contribution in [2.24, 2.45) is 16.7 Å². The molecule has 1 saturated heterocycles. The number of sulfonamides is 1. The topological polar surface area (TPSA) is 63.7 Å². The third kappa shape index (κ3) is 2.26. The van der Waals surface area contributed by atoms with Gasteiger partial charge in [-0.05, 0) is 38.0 Å². The third-order valence-corrected chi connectivity index (χ3v) is 8.29. The highest BCUT2D eigenvalue weighted by atomic mass is 32.2. The molecule has 1 heterocycles. The average Bonchev–Trinajstić information content (AvgIpc) is 2.71. The summed E-state index contributed by atoms with van der Waals surface area (Å²) in [6, 6.07) is 0. The summed E-state index contributed by atoms with van der Waals surface area (Å²) in [5.41, 5.74) is -0.887. The second-order valence-corrected chi connectivity index (χ2v) is 9.97. The quantitative estimate of drug-likeness (QED) is 0.792. The maximum absolute atomic E-state index is 13.0. The molecule has 0 unspecified atom stereocenters. The first-order chi connectivity index (χ1) is 10.1. The number of ether oxygens (including phenoxy) is 1. The number of morpholine rings is 1. The zero-order valence-electron chi connectivity index (χ0n) is 14.0. The minimum atomic E-state index is -3.45. The van der Waals surface area contributed by atoms with Gasteiger partial charge in [-0.2, -0.15) is 4.31 Å². The van der Waals surface area contributed by atoms with Gasteiger partial charge in [0.2, 0.25) is 10.0 Å². The largest absolute Gasteiger partial charge is 0.373 e. The van der Waals surface area contributed by atoms with Crippen molar-refractivity contribution in [1.29, 1.82) is 0 Å². The first-order valence-corrected chi connectivity index (χ1v) is 9.86. The monoisotopic (exact) mass is 329 g/mol. The fourth-order valence-electron chi connectivity index (χ4n) is 4.87.